The van der Waals surface area contributed by atoms with E-state index < -0.39 is 0 Å². The Morgan fingerprint density at radius 1 is 0.811 bits per heavy atom. The van der Waals surface area contributed by atoms with Crippen LogP contribution in [0.15, 0.2) is 77.6 Å². The fraction of sp³-hybridized carbons (Fsp3) is 0.207. The number of aromatic nitrogens is 2. The lowest BCUT2D eigenvalue weighted by Gasteiger charge is -2.17. The molecule has 0 saturated carbocycles. The van der Waals surface area contributed by atoms with Crippen molar-refractivity contribution in [2.45, 2.75) is 19.4 Å². The fourth-order valence-corrected chi connectivity index (χ4v) is 4.65. The minimum Gasteiger partial charge on any atom is -0.345 e. The van der Waals surface area contributed by atoms with Crippen molar-refractivity contribution in [3.05, 3.63) is 111 Å². The highest BCUT2D eigenvalue weighted by Gasteiger charge is 2.34. The van der Waals surface area contributed by atoms with Crippen LogP contribution < -0.4 is 5.56 Å². The summed E-state index contributed by atoms with van der Waals surface area (Å²) in [7, 11) is 3.41. The lowest BCUT2D eigenvalue weighted by atomic mass is 10.1. The minimum atomic E-state index is -0.335. The maximum atomic E-state index is 13.5. The molecular weight excluding hydrogens is 468 g/mol. The first kappa shape index (κ1) is 24.1. The van der Waals surface area contributed by atoms with Gasteiger partial charge in [-0.1, -0.05) is 36.4 Å². The summed E-state index contributed by atoms with van der Waals surface area (Å²) in [6.07, 6.45) is 0.749. The molecule has 0 N–H and O–H groups in total. The predicted octanol–water partition coefficient (Wildman–Crippen LogP) is 3.18. The van der Waals surface area contributed by atoms with Gasteiger partial charge in [-0.3, -0.25) is 28.6 Å². The standard InChI is InChI=1S/C29H26N4O4/c1-31(2)26(34)20-9-7-8-19(18-20)14-16-32-25(30-24-13-6-5-12-23(24)29(32)37)15-17-33-27(35)21-10-3-4-11-22(21)28(33)36/h3-13,18H,14-17H2,1-2H3. The Labute approximate surface area is 213 Å². The number of benzene rings is 3. The molecular formula is C29H26N4O4. The zero-order valence-electron chi connectivity index (χ0n) is 20.7. The number of amides is 3. The molecule has 0 bridgehead atoms. The highest BCUT2D eigenvalue weighted by atomic mass is 16.2. The van der Waals surface area contributed by atoms with Crippen LogP contribution in [-0.2, 0) is 19.4 Å². The number of nitrogens with zero attached hydrogens (tertiary/aromatic N) is 4. The van der Waals surface area contributed by atoms with Crippen LogP contribution in [0.3, 0.4) is 0 Å². The molecule has 0 saturated heterocycles. The van der Waals surface area contributed by atoms with Crippen molar-refractivity contribution in [1.29, 1.82) is 0 Å². The Bertz CT molecular complexity index is 1570. The van der Waals surface area contributed by atoms with E-state index in [1.807, 2.05) is 24.3 Å². The molecule has 3 aromatic carbocycles. The van der Waals surface area contributed by atoms with Crippen molar-refractivity contribution >= 4 is 28.6 Å². The van der Waals surface area contributed by atoms with Gasteiger partial charge in [0.05, 0.1) is 22.0 Å². The molecule has 0 radical (unpaired) electrons. The van der Waals surface area contributed by atoms with E-state index in [-0.39, 0.29) is 36.2 Å². The summed E-state index contributed by atoms with van der Waals surface area (Å²) in [6, 6.07) is 21.3. The monoisotopic (exact) mass is 494 g/mol. The first-order chi connectivity index (χ1) is 17.8. The Morgan fingerprint density at radius 2 is 1.49 bits per heavy atom. The van der Waals surface area contributed by atoms with Gasteiger partial charge >= 0.3 is 0 Å². The molecule has 1 aliphatic rings. The van der Waals surface area contributed by atoms with Gasteiger partial charge in [0.15, 0.2) is 0 Å². The zero-order chi connectivity index (χ0) is 26.1. The maximum Gasteiger partial charge on any atom is 0.261 e. The van der Waals surface area contributed by atoms with Crippen LogP contribution >= 0.6 is 0 Å². The van der Waals surface area contributed by atoms with E-state index in [9.17, 15) is 19.2 Å². The molecule has 1 aromatic heterocycles. The van der Waals surface area contributed by atoms with Gasteiger partial charge in [0, 0.05) is 39.2 Å². The second-order valence-electron chi connectivity index (χ2n) is 9.21. The number of hydrogen-bond acceptors (Lipinski definition) is 5. The highest BCUT2D eigenvalue weighted by molar-refractivity contribution is 6.21. The number of carbonyl (C=O) groups is 3. The molecule has 0 aliphatic carbocycles. The number of rotatable bonds is 7. The average Bonchev–Trinajstić information content (AvgIpc) is 3.16. The Kier molecular flexibility index (Phi) is 6.40. The summed E-state index contributed by atoms with van der Waals surface area (Å²) in [5.74, 6) is -0.260. The van der Waals surface area contributed by atoms with Gasteiger partial charge in [0.2, 0.25) is 0 Å². The molecule has 8 nitrogen and oxygen atoms in total. The molecule has 0 unspecified atom stereocenters. The normalized spacial score (nSPS) is 12.8. The van der Waals surface area contributed by atoms with Crippen LogP contribution in [0.2, 0.25) is 0 Å². The number of aryl methyl sites for hydroxylation is 1. The van der Waals surface area contributed by atoms with E-state index in [0.717, 1.165) is 5.56 Å². The molecule has 1 aliphatic heterocycles. The van der Waals surface area contributed by atoms with Gasteiger partial charge in [-0.25, -0.2) is 4.98 Å². The van der Waals surface area contributed by atoms with E-state index in [1.165, 1.54) is 9.80 Å². The lowest BCUT2D eigenvalue weighted by Crippen LogP contribution is -2.34. The van der Waals surface area contributed by atoms with E-state index in [0.29, 0.717) is 46.4 Å². The summed E-state index contributed by atoms with van der Waals surface area (Å²) in [6.45, 7) is 0.456. The van der Waals surface area contributed by atoms with Crippen LogP contribution in [0, 0.1) is 0 Å². The van der Waals surface area contributed by atoms with E-state index in [4.69, 9.17) is 4.98 Å². The van der Waals surface area contributed by atoms with Gasteiger partial charge in [0.25, 0.3) is 23.3 Å². The van der Waals surface area contributed by atoms with E-state index in [2.05, 4.69) is 0 Å². The van der Waals surface area contributed by atoms with Crippen LogP contribution in [-0.4, -0.2) is 57.7 Å². The molecule has 5 rings (SSSR count). The molecule has 8 heteroatoms. The van der Waals surface area contributed by atoms with E-state index in [1.54, 1.807) is 67.2 Å². The Morgan fingerprint density at radius 3 is 2.19 bits per heavy atom. The summed E-state index contributed by atoms with van der Waals surface area (Å²) in [4.78, 5) is 58.9. The second kappa shape index (κ2) is 9.81. The zero-order valence-corrected chi connectivity index (χ0v) is 20.7. The summed E-state index contributed by atoms with van der Waals surface area (Å²) < 4.78 is 1.61. The van der Waals surface area contributed by atoms with Crippen molar-refractivity contribution in [2.24, 2.45) is 0 Å². The van der Waals surface area contributed by atoms with Gasteiger partial charge in [-0.2, -0.15) is 0 Å². The van der Waals surface area contributed by atoms with Crippen molar-refractivity contribution in [1.82, 2.24) is 19.4 Å². The van der Waals surface area contributed by atoms with Gasteiger partial charge < -0.3 is 4.90 Å². The third-order valence-corrected chi connectivity index (χ3v) is 6.58. The summed E-state index contributed by atoms with van der Waals surface area (Å²) in [5, 5.41) is 0.503. The largest absolute Gasteiger partial charge is 0.345 e. The molecule has 2 heterocycles. The SMILES string of the molecule is CN(C)C(=O)c1cccc(CCn2c(CCN3C(=O)c4ccccc4C3=O)nc3ccccc3c2=O)c1. The highest BCUT2D eigenvalue weighted by Crippen LogP contribution is 2.22. The number of carbonyl (C=O) groups excluding carboxylic acids is 3. The van der Waals surface area contributed by atoms with E-state index >= 15 is 0 Å². The van der Waals surface area contributed by atoms with Crippen LogP contribution in [0.5, 0.6) is 0 Å². The number of hydrogen-bond donors (Lipinski definition) is 0. The second-order valence-corrected chi connectivity index (χ2v) is 9.21. The van der Waals surface area contributed by atoms with Gasteiger partial charge in [0.1, 0.15) is 5.82 Å². The topological polar surface area (TPSA) is 92.6 Å². The first-order valence-electron chi connectivity index (χ1n) is 12.1. The molecule has 0 atom stereocenters. The summed E-state index contributed by atoms with van der Waals surface area (Å²) in [5.41, 5.74) is 2.67. The molecule has 4 aromatic rings. The van der Waals surface area contributed by atoms with Crippen LogP contribution in [0.1, 0.15) is 42.5 Å². The quantitative estimate of drug-likeness (QED) is 0.368. The molecule has 186 valence electrons. The number of para-hydroxylation sites is 1. The fourth-order valence-electron chi connectivity index (χ4n) is 4.65. The lowest BCUT2D eigenvalue weighted by molar-refractivity contribution is 0.0654. The third-order valence-electron chi connectivity index (χ3n) is 6.58. The third kappa shape index (κ3) is 4.53. The number of fused-ring (bicyclic) bond motifs is 2. The smallest absolute Gasteiger partial charge is 0.261 e. The van der Waals surface area contributed by atoms with Crippen LogP contribution in [0.25, 0.3) is 10.9 Å². The first-order valence-corrected chi connectivity index (χ1v) is 12.1. The minimum absolute atomic E-state index is 0.0898. The molecule has 37 heavy (non-hydrogen) atoms. The Balaban J connectivity index is 1.43. The van der Waals surface area contributed by atoms with Crippen molar-refractivity contribution < 1.29 is 14.4 Å². The van der Waals surface area contributed by atoms with Gasteiger partial charge in [-0.15, -0.1) is 0 Å². The van der Waals surface area contributed by atoms with Crippen LogP contribution in [0.4, 0.5) is 0 Å². The predicted molar refractivity (Wildman–Crippen MR) is 140 cm³/mol. The summed E-state index contributed by atoms with van der Waals surface area (Å²) >= 11 is 0. The molecule has 0 spiro atoms. The van der Waals surface area contributed by atoms with Crippen molar-refractivity contribution in [3.8, 4) is 0 Å². The number of imide groups is 1. The van der Waals surface area contributed by atoms with Gasteiger partial charge in [-0.05, 0) is 48.4 Å². The molecule has 3 amide bonds. The maximum absolute atomic E-state index is 13.5. The average molecular weight is 495 g/mol. The molecule has 0 fully saturated rings. The van der Waals surface area contributed by atoms with Crippen molar-refractivity contribution in [3.63, 3.8) is 0 Å². The Hall–Kier alpha value is -4.59. The van der Waals surface area contributed by atoms with Crippen molar-refractivity contribution in [2.75, 3.05) is 20.6 Å².